The smallest absolute Gasteiger partial charge is 0.255 e. The van der Waals surface area contributed by atoms with E-state index in [1.165, 1.54) is 12.1 Å². The van der Waals surface area contributed by atoms with Crippen molar-refractivity contribution in [3.63, 3.8) is 0 Å². The van der Waals surface area contributed by atoms with E-state index in [9.17, 15) is 14.0 Å². The predicted octanol–water partition coefficient (Wildman–Crippen LogP) is 3.50. The van der Waals surface area contributed by atoms with Crippen LogP contribution in [0.25, 0.3) is 0 Å². The van der Waals surface area contributed by atoms with Crippen LogP contribution in [0.4, 0.5) is 10.1 Å². The molecule has 0 saturated carbocycles. The van der Waals surface area contributed by atoms with Crippen molar-refractivity contribution in [2.75, 3.05) is 24.5 Å². The number of hydrogen-bond donors (Lipinski definition) is 1. The van der Waals surface area contributed by atoms with E-state index >= 15 is 0 Å². The number of hydrogen-bond acceptors (Lipinski definition) is 4. The Morgan fingerprint density at radius 1 is 1.30 bits per heavy atom. The molecule has 0 unspecified atom stereocenters. The second kappa shape index (κ2) is 7.18. The molecular formula is C21H23FN2O3. The standard InChI is InChI=1S/C21H23FN2O3/c1-13-19(20-17(25)3-2-4-18(20)27-13)21(26)23-11-14-9-10-24(12-14)16-7-5-15(22)6-8-16/h5-8,14H,2-4,9-12H2,1H3,(H,23,26)/t14-/m0/s1. The molecule has 2 aliphatic rings. The highest BCUT2D eigenvalue weighted by Gasteiger charge is 2.31. The lowest BCUT2D eigenvalue weighted by molar-refractivity contribution is 0.0924. The van der Waals surface area contributed by atoms with Gasteiger partial charge in [0.1, 0.15) is 17.3 Å². The average Bonchev–Trinajstić information content (AvgIpc) is 3.25. The summed E-state index contributed by atoms with van der Waals surface area (Å²) in [5.74, 6) is 1.02. The number of rotatable bonds is 4. The van der Waals surface area contributed by atoms with Gasteiger partial charge in [-0.15, -0.1) is 0 Å². The molecule has 1 N–H and O–H groups in total. The molecule has 5 nitrogen and oxygen atoms in total. The van der Waals surface area contributed by atoms with E-state index in [0.29, 0.717) is 48.0 Å². The maximum absolute atomic E-state index is 13.1. The van der Waals surface area contributed by atoms with Gasteiger partial charge in [0.2, 0.25) is 0 Å². The lowest BCUT2D eigenvalue weighted by Gasteiger charge is -2.19. The van der Waals surface area contributed by atoms with Crippen molar-refractivity contribution in [2.24, 2.45) is 5.92 Å². The second-order valence-corrected chi connectivity index (χ2v) is 7.40. The van der Waals surface area contributed by atoms with Gasteiger partial charge in [0, 0.05) is 38.2 Å². The monoisotopic (exact) mass is 370 g/mol. The molecule has 0 radical (unpaired) electrons. The molecule has 142 valence electrons. The molecule has 2 aromatic rings. The normalized spacial score (nSPS) is 19.3. The number of halogens is 1. The lowest BCUT2D eigenvalue weighted by atomic mass is 9.93. The third-order valence-electron chi connectivity index (χ3n) is 5.50. The van der Waals surface area contributed by atoms with Crippen LogP contribution in [0.15, 0.2) is 28.7 Å². The third kappa shape index (κ3) is 3.48. The van der Waals surface area contributed by atoms with Crippen LogP contribution in [0.5, 0.6) is 0 Å². The van der Waals surface area contributed by atoms with Crippen LogP contribution in [0, 0.1) is 18.7 Å². The molecule has 1 aliphatic carbocycles. The van der Waals surface area contributed by atoms with Crippen LogP contribution in [-0.4, -0.2) is 31.3 Å². The van der Waals surface area contributed by atoms with Crippen molar-refractivity contribution in [1.82, 2.24) is 5.32 Å². The topological polar surface area (TPSA) is 62.6 Å². The second-order valence-electron chi connectivity index (χ2n) is 7.40. The summed E-state index contributed by atoms with van der Waals surface area (Å²) >= 11 is 0. The van der Waals surface area contributed by atoms with E-state index in [1.54, 1.807) is 19.1 Å². The summed E-state index contributed by atoms with van der Waals surface area (Å²) in [7, 11) is 0. The molecular weight excluding hydrogens is 347 g/mol. The number of amides is 1. The molecule has 27 heavy (non-hydrogen) atoms. The van der Waals surface area contributed by atoms with Crippen molar-refractivity contribution in [1.29, 1.82) is 0 Å². The summed E-state index contributed by atoms with van der Waals surface area (Å²) in [5, 5.41) is 2.98. The number of aryl methyl sites for hydroxylation is 2. The first kappa shape index (κ1) is 17.8. The van der Waals surface area contributed by atoms with E-state index in [1.807, 2.05) is 0 Å². The summed E-state index contributed by atoms with van der Waals surface area (Å²) in [6.07, 6.45) is 2.92. The average molecular weight is 370 g/mol. The Bertz CT molecular complexity index is 872. The van der Waals surface area contributed by atoms with Crippen molar-refractivity contribution in [2.45, 2.75) is 32.6 Å². The van der Waals surface area contributed by atoms with Crippen LogP contribution < -0.4 is 10.2 Å². The number of nitrogens with zero attached hydrogens (tertiary/aromatic N) is 1. The number of carbonyl (C=O) groups excluding carboxylic acids is 2. The Balaban J connectivity index is 1.39. The maximum atomic E-state index is 13.1. The van der Waals surface area contributed by atoms with Crippen molar-refractivity contribution >= 4 is 17.4 Å². The number of nitrogens with one attached hydrogen (secondary N) is 1. The first-order valence-electron chi connectivity index (χ1n) is 9.47. The zero-order valence-electron chi connectivity index (χ0n) is 15.4. The van der Waals surface area contributed by atoms with Crippen LogP contribution in [0.1, 0.15) is 51.5 Å². The molecule has 6 heteroatoms. The highest BCUT2D eigenvalue weighted by Crippen LogP contribution is 2.30. The fraction of sp³-hybridized carbons (Fsp3) is 0.429. The number of Topliss-reactive ketones (excluding diaryl/α,β-unsaturated/α-hetero) is 1. The van der Waals surface area contributed by atoms with Gasteiger partial charge in [-0.3, -0.25) is 9.59 Å². The number of carbonyl (C=O) groups is 2. The van der Waals surface area contributed by atoms with Gasteiger partial charge in [0.25, 0.3) is 5.91 Å². The Labute approximate surface area is 157 Å². The quantitative estimate of drug-likeness (QED) is 0.895. The predicted molar refractivity (Wildman–Crippen MR) is 99.8 cm³/mol. The molecule has 1 aromatic heterocycles. The van der Waals surface area contributed by atoms with Gasteiger partial charge in [-0.1, -0.05) is 0 Å². The van der Waals surface area contributed by atoms with Gasteiger partial charge in [0.05, 0.1) is 11.1 Å². The number of fused-ring (bicyclic) bond motifs is 1. The molecule has 2 heterocycles. The highest BCUT2D eigenvalue weighted by molar-refractivity contribution is 6.10. The van der Waals surface area contributed by atoms with E-state index in [0.717, 1.165) is 31.6 Å². The van der Waals surface area contributed by atoms with E-state index in [2.05, 4.69) is 10.2 Å². The number of furan rings is 1. The van der Waals surface area contributed by atoms with E-state index in [4.69, 9.17) is 4.42 Å². The van der Waals surface area contributed by atoms with Crippen LogP contribution in [0.3, 0.4) is 0 Å². The fourth-order valence-corrected chi connectivity index (χ4v) is 4.09. The summed E-state index contributed by atoms with van der Waals surface area (Å²) in [6, 6.07) is 6.49. The molecule has 1 atom stereocenters. The lowest BCUT2D eigenvalue weighted by Crippen LogP contribution is -2.32. The number of anilines is 1. The van der Waals surface area contributed by atoms with Crippen molar-refractivity contribution < 1.29 is 18.4 Å². The first-order valence-corrected chi connectivity index (χ1v) is 9.47. The number of benzene rings is 1. The Kier molecular flexibility index (Phi) is 4.72. The molecule has 0 bridgehead atoms. The minimum absolute atomic E-state index is 0.00148. The Morgan fingerprint density at radius 3 is 2.85 bits per heavy atom. The molecule has 1 aromatic carbocycles. The SMILES string of the molecule is Cc1oc2c(c1C(=O)NC[C@@H]1CCN(c3ccc(F)cc3)C1)C(=O)CCC2. The van der Waals surface area contributed by atoms with Gasteiger partial charge in [-0.2, -0.15) is 0 Å². The van der Waals surface area contributed by atoms with E-state index < -0.39 is 0 Å². The van der Waals surface area contributed by atoms with Gasteiger partial charge in [0.15, 0.2) is 5.78 Å². The molecule has 1 aliphatic heterocycles. The van der Waals surface area contributed by atoms with Gasteiger partial charge in [-0.25, -0.2) is 4.39 Å². The summed E-state index contributed by atoms with van der Waals surface area (Å²) in [6.45, 7) is 3.98. The van der Waals surface area contributed by atoms with Crippen LogP contribution in [-0.2, 0) is 6.42 Å². The van der Waals surface area contributed by atoms with Crippen molar-refractivity contribution in [3.05, 3.63) is 52.7 Å². The Hall–Kier alpha value is -2.63. The van der Waals surface area contributed by atoms with Crippen LogP contribution in [0.2, 0.25) is 0 Å². The molecule has 4 rings (SSSR count). The van der Waals surface area contributed by atoms with Crippen LogP contribution >= 0.6 is 0 Å². The Morgan fingerprint density at radius 2 is 2.07 bits per heavy atom. The van der Waals surface area contributed by atoms with Crippen molar-refractivity contribution in [3.8, 4) is 0 Å². The minimum Gasteiger partial charge on any atom is -0.465 e. The zero-order chi connectivity index (χ0) is 19.0. The summed E-state index contributed by atoms with van der Waals surface area (Å²) < 4.78 is 18.7. The largest absolute Gasteiger partial charge is 0.465 e. The molecule has 1 amide bonds. The molecule has 0 spiro atoms. The van der Waals surface area contributed by atoms with Gasteiger partial charge < -0.3 is 14.6 Å². The highest BCUT2D eigenvalue weighted by atomic mass is 19.1. The zero-order valence-corrected chi connectivity index (χ0v) is 15.4. The fourth-order valence-electron chi connectivity index (χ4n) is 4.09. The summed E-state index contributed by atoms with van der Waals surface area (Å²) in [5.41, 5.74) is 1.88. The third-order valence-corrected chi connectivity index (χ3v) is 5.50. The maximum Gasteiger partial charge on any atom is 0.255 e. The molecule has 1 fully saturated rings. The van der Waals surface area contributed by atoms with Gasteiger partial charge >= 0.3 is 0 Å². The minimum atomic E-state index is -0.241. The number of ketones is 1. The van der Waals surface area contributed by atoms with Gasteiger partial charge in [-0.05, 0) is 49.9 Å². The summed E-state index contributed by atoms with van der Waals surface area (Å²) in [4.78, 5) is 27.1. The first-order chi connectivity index (χ1) is 13.0. The van der Waals surface area contributed by atoms with E-state index in [-0.39, 0.29) is 17.5 Å². The molecule has 1 saturated heterocycles.